The molecule has 47 heavy (non-hydrogen) atoms. The molecule has 4 heteroatoms. The van der Waals surface area contributed by atoms with Crippen molar-refractivity contribution in [2.24, 2.45) is 0 Å². The molecule has 0 N–H and O–H groups in total. The van der Waals surface area contributed by atoms with E-state index in [9.17, 15) is 0 Å². The van der Waals surface area contributed by atoms with Gasteiger partial charge in [-0.3, -0.25) is 0 Å². The van der Waals surface area contributed by atoms with Crippen molar-refractivity contribution in [2.75, 3.05) is 4.90 Å². The normalized spacial score (nSPS) is 13.4. The minimum absolute atomic E-state index is 0.927. The van der Waals surface area contributed by atoms with E-state index in [0.29, 0.717) is 0 Å². The van der Waals surface area contributed by atoms with E-state index in [0.717, 1.165) is 62.1 Å². The number of ether oxygens (including phenoxy) is 2. The van der Waals surface area contributed by atoms with Gasteiger partial charge in [-0.15, -0.1) is 0 Å². The van der Waals surface area contributed by atoms with Crippen LogP contribution >= 0.6 is 0 Å². The Hall–Kier alpha value is -5.24. The summed E-state index contributed by atoms with van der Waals surface area (Å²) in [7, 11) is 0. The molecule has 0 spiro atoms. The Morgan fingerprint density at radius 1 is 0.447 bits per heavy atom. The topological polar surface area (TPSA) is 21.7 Å². The van der Waals surface area contributed by atoms with Gasteiger partial charge in [0.1, 0.15) is 0 Å². The maximum absolute atomic E-state index is 7.15. The van der Waals surface area contributed by atoms with Gasteiger partial charge in [0.25, 0.3) is 0 Å². The Labute approximate surface area is 281 Å². The van der Waals surface area contributed by atoms with Gasteiger partial charge < -0.3 is 0 Å². The molecule has 10 rings (SSSR count). The third-order valence-electron chi connectivity index (χ3n) is 9.41. The molecular weight excluding hydrogens is 684 g/mol. The molecule has 0 saturated heterocycles. The summed E-state index contributed by atoms with van der Waals surface area (Å²) in [5, 5.41) is 0. The molecule has 0 aromatic heterocycles. The number of benzene rings is 7. The molecule has 0 bridgehead atoms. The van der Waals surface area contributed by atoms with Gasteiger partial charge >= 0.3 is 283 Å². The van der Waals surface area contributed by atoms with Crippen molar-refractivity contribution in [2.45, 2.75) is 6.92 Å². The van der Waals surface area contributed by atoms with Crippen LogP contribution in [0.15, 0.2) is 152 Å². The molecule has 222 valence electrons. The van der Waals surface area contributed by atoms with Gasteiger partial charge in [-0.1, -0.05) is 0 Å². The number of rotatable bonds is 4. The summed E-state index contributed by atoms with van der Waals surface area (Å²) in [6.07, 6.45) is 0. The molecule has 3 nitrogen and oxygen atoms in total. The Morgan fingerprint density at radius 2 is 0.915 bits per heavy atom. The Kier molecular flexibility index (Phi) is 5.95. The monoisotopic (exact) mass is 711 g/mol. The second-order valence-corrected chi connectivity index (χ2v) is 18.0. The van der Waals surface area contributed by atoms with E-state index in [-0.39, 0.29) is 0 Å². The predicted molar refractivity (Wildman–Crippen MR) is 193 cm³/mol. The molecule has 0 atom stereocenters. The van der Waals surface area contributed by atoms with Crippen LogP contribution in [0.3, 0.4) is 0 Å². The van der Waals surface area contributed by atoms with Crippen LogP contribution in [0, 0.1) is 6.92 Å². The summed E-state index contributed by atoms with van der Waals surface area (Å²) in [5.41, 5.74) is 11.6. The third-order valence-corrected chi connectivity index (χ3v) is 17.0. The van der Waals surface area contributed by atoms with Crippen molar-refractivity contribution in [3.05, 3.63) is 157 Å². The van der Waals surface area contributed by atoms with Crippen molar-refractivity contribution in [3.8, 4) is 56.4 Å². The summed E-state index contributed by atoms with van der Waals surface area (Å²) in [6, 6.07) is 54.4. The Bertz CT molecular complexity index is 2230. The molecule has 3 aliphatic rings. The fraction of sp³-hybridized carbons (Fsp3) is 0.0233. The van der Waals surface area contributed by atoms with Crippen LogP contribution in [-0.4, -0.2) is 20.2 Å². The van der Waals surface area contributed by atoms with Crippen LogP contribution in [0.1, 0.15) is 5.56 Å². The van der Waals surface area contributed by atoms with Crippen LogP contribution in [0.25, 0.3) is 33.4 Å². The number of aryl methyl sites for hydroxylation is 1. The van der Waals surface area contributed by atoms with Crippen molar-refractivity contribution >= 4 is 47.8 Å². The van der Waals surface area contributed by atoms with Crippen LogP contribution < -0.4 is 24.9 Å². The number of hydrogen-bond acceptors (Lipinski definition) is 3. The summed E-state index contributed by atoms with van der Waals surface area (Å²) < 4.78 is 18.3. The van der Waals surface area contributed by atoms with E-state index >= 15 is 0 Å². The molecule has 0 saturated carbocycles. The van der Waals surface area contributed by atoms with Crippen LogP contribution in [0.5, 0.6) is 23.0 Å². The fourth-order valence-electron chi connectivity index (χ4n) is 7.22. The van der Waals surface area contributed by atoms with Gasteiger partial charge in [-0.05, 0) is 0 Å². The molecule has 0 unspecified atom stereocenters. The summed E-state index contributed by atoms with van der Waals surface area (Å²) >= 11 is -2.76. The summed E-state index contributed by atoms with van der Waals surface area (Å²) in [5.74, 6) is 3.83. The third kappa shape index (κ3) is 4.06. The van der Waals surface area contributed by atoms with Gasteiger partial charge in [-0.2, -0.15) is 0 Å². The van der Waals surface area contributed by atoms with E-state index in [4.69, 9.17) is 9.47 Å². The average molecular weight is 712 g/mol. The average Bonchev–Trinajstić information content (AvgIpc) is 3.13. The Morgan fingerprint density at radius 3 is 1.40 bits per heavy atom. The van der Waals surface area contributed by atoms with Gasteiger partial charge in [0, 0.05) is 0 Å². The SMILES string of the molecule is Cc1ccc(N2c3ccc(-c4ccccc4)c4[c]3[Sb]3[c]5c(cc(-c6ccccc6)cc5Oc5c(-c6ccccc6)ccc2[c]53)O4)cc1. The van der Waals surface area contributed by atoms with E-state index in [1.54, 1.807) is 0 Å². The van der Waals surface area contributed by atoms with Crippen LogP contribution in [-0.2, 0) is 0 Å². The first-order chi connectivity index (χ1) is 23.2. The standard InChI is InChI=1S/C43H28NO2.Sb/c1-30-17-19-35(20-18-30)44-36-21-23-40(32-13-7-3-8-14-32)42(27-36)45-38-25-34(31-11-5-2-6-12-31)26-39(29-38)46-43-28-37(44)22-24-41(43)33-15-9-4-10-16-33;/h2-26H,1H3;. The number of nitrogens with zero attached hydrogens (tertiary/aromatic N) is 1. The zero-order valence-corrected chi connectivity index (χ0v) is 28.2. The first-order valence-corrected chi connectivity index (χ1v) is 19.8. The quantitative estimate of drug-likeness (QED) is 0.170. The molecular formula is C43H28NO2Sb. The van der Waals surface area contributed by atoms with Crippen molar-refractivity contribution in [3.63, 3.8) is 0 Å². The number of anilines is 3. The van der Waals surface area contributed by atoms with Gasteiger partial charge in [0.15, 0.2) is 0 Å². The second-order valence-electron chi connectivity index (χ2n) is 12.2. The molecule has 7 aromatic rings. The van der Waals surface area contributed by atoms with Crippen molar-refractivity contribution in [1.29, 1.82) is 0 Å². The molecule has 3 heterocycles. The van der Waals surface area contributed by atoms with Gasteiger partial charge in [0.2, 0.25) is 0 Å². The van der Waals surface area contributed by atoms with Crippen molar-refractivity contribution < 1.29 is 9.47 Å². The molecule has 0 aliphatic carbocycles. The first kappa shape index (κ1) is 26.9. The van der Waals surface area contributed by atoms with Crippen LogP contribution in [0.2, 0.25) is 0 Å². The zero-order chi connectivity index (χ0) is 31.1. The molecule has 0 radical (unpaired) electrons. The van der Waals surface area contributed by atoms with Crippen LogP contribution in [0.4, 0.5) is 17.1 Å². The molecule has 3 aliphatic heterocycles. The molecule has 0 fully saturated rings. The minimum atomic E-state index is -2.76. The van der Waals surface area contributed by atoms with Gasteiger partial charge in [-0.25, -0.2) is 0 Å². The summed E-state index contributed by atoms with van der Waals surface area (Å²) in [6.45, 7) is 2.14. The first-order valence-electron chi connectivity index (χ1n) is 15.9. The maximum atomic E-state index is 7.15. The van der Waals surface area contributed by atoms with E-state index in [1.165, 1.54) is 27.5 Å². The second kappa shape index (κ2) is 10.4. The van der Waals surface area contributed by atoms with Gasteiger partial charge in [0.05, 0.1) is 0 Å². The van der Waals surface area contributed by atoms with E-state index < -0.39 is 20.2 Å². The predicted octanol–water partition coefficient (Wildman–Crippen LogP) is 9.51. The zero-order valence-electron chi connectivity index (χ0n) is 25.6. The molecule has 0 amide bonds. The summed E-state index contributed by atoms with van der Waals surface area (Å²) in [4.78, 5) is 2.43. The Balaban J connectivity index is 1.32. The van der Waals surface area contributed by atoms with Crippen molar-refractivity contribution in [1.82, 2.24) is 0 Å². The fourth-order valence-corrected chi connectivity index (χ4v) is 15.4. The van der Waals surface area contributed by atoms with E-state index in [1.807, 2.05) is 0 Å². The number of hydrogen-bond donors (Lipinski definition) is 0. The molecule has 7 aromatic carbocycles. The van der Waals surface area contributed by atoms with E-state index in [2.05, 4.69) is 163 Å².